The van der Waals surface area contributed by atoms with E-state index in [0.29, 0.717) is 11.1 Å². The molecule has 0 spiro atoms. The zero-order chi connectivity index (χ0) is 11.4. The third-order valence-corrected chi connectivity index (χ3v) is 1.94. The van der Waals surface area contributed by atoms with Crippen LogP contribution in [0.15, 0.2) is 6.20 Å². The van der Waals surface area contributed by atoms with E-state index in [1.807, 2.05) is 0 Å². The van der Waals surface area contributed by atoms with Gasteiger partial charge in [0.25, 0.3) is 0 Å². The number of nitro groups is 1. The van der Waals surface area contributed by atoms with Crippen LogP contribution < -0.4 is 5.73 Å². The van der Waals surface area contributed by atoms with Gasteiger partial charge in [-0.25, -0.2) is 4.98 Å². The third kappa shape index (κ3) is 2.36. The minimum absolute atomic E-state index is 0.103. The average Bonchev–Trinajstić information content (AvgIpc) is 2.16. The zero-order valence-electron chi connectivity index (χ0n) is 7.95. The van der Waals surface area contributed by atoms with Crippen molar-refractivity contribution in [2.75, 3.05) is 11.6 Å². The Bertz CT molecular complexity index is 462. The summed E-state index contributed by atoms with van der Waals surface area (Å²) in [7, 11) is 0. The molecule has 0 aliphatic carbocycles. The van der Waals surface area contributed by atoms with E-state index in [0.717, 1.165) is 0 Å². The van der Waals surface area contributed by atoms with Crippen molar-refractivity contribution in [2.24, 2.45) is 0 Å². The maximum atomic E-state index is 10.7. The summed E-state index contributed by atoms with van der Waals surface area (Å²) in [6.45, 7) is 1.58. The Hall–Kier alpha value is -1.80. The van der Waals surface area contributed by atoms with Crippen LogP contribution in [-0.2, 0) is 0 Å². The Labute approximate surface area is 91.4 Å². The first-order chi connectivity index (χ1) is 7.07. The largest absolute Gasteiger partial charge is 0.378 e. The van der Waals surface area contributed by atoms with Gasteiger partial charge in [0, 0.05) is 11.8 Å². The molecule has 0 saturated heterocycles. The van der Waals surface area contributed by atoms with E-state index >= 15 is 0 Å². The van der Waals surface area contributed by atoms with E-state index in [9.17, 15) is 10.1 Å². The molecule has 0 fully saturated rings. The van der Waals surface area contributed by atoms with Crippen LogP contribution in [0.25, 0.3) is 0 Å². The zero-order valence-corrected chi connectivity index (χ0v) is 8.71. The lowest BCUT2D eigenvalue weighted by Gasteiger charge is -2.01. The summed E-state index contributed by atoms with van der Waals surface area (Å²) in [6, 6.07) is 0. The maximum Gasteiger partial charge on any atom is 0.315 e. The Kier molecular flexibility index (Phi) is 3.47. The first-order valence-electron chi connectivity index (χ1n) is 4.02. The number of nitrogens with zero attached hydrogens (tertiary/aromatic N) is 2. The quantitative estimate of drug-likeness (QED) is 0.340. The van der Waals surface area contributed by atoms with Crippen LogP contribution >= 0.6 is 11.6 Å². The summed E-state index contributed by atoms with van der Waals surface area (Å²) in [4.78, 5) is 13.8. The van der Waals surface area contributed by atoms with Gasteiger partial charge in [0.1, 0.15) is 0 Å². The molecule has 1 aromatic rings. The standard InChI is InChI=1S/C9H8ClN3O2/c1-6-7(3-2-4-10)5-12-9(11)8(6)13(14)15/h5H,4H2,1H3,(H2,11,12). The molecule has 0 saturated carbocycles. The summed E-state index contributed by atoms with van der Waals surface area (Å²) >= 11 is 5.38. The number of hydrogen-bond donors (Lipinski definition) is 1. The number of alkyl halides is 1. The second-order valence-electron chi connectivity index (χ2n) is 2.72. The van der Waals surface area contributed by atoms with Gasteiger partial charge in [-0.3, -0.25) is 10.1 Å². The fraction of sp³-hybridized carbons (Fsp3) is 0.222. The Morgan fingerprint density at radius 1 is 1.73 bits per heavy atom. The van der Waals surface area contributed by atoms with Gasteiger partial charge in [-0.2, -0.15) is 0 Å². The number of aromatic nitrogens is 1. The van der Waals surface area contributed by atoms with Crippen molar-refractivity contribution >= 4 is 23.1 Å². The Morgan fingerprint density at radius 2 is 2.40 bits per heavy atom. The van der Waals surface area contributed by atoms with E-state index in [1.165, 1.54) is 6.20 Å². The fourth-order valence-electron chi connectivity index (χ4n) is 1.10. The predicted octanol–water partition coefficient (Wildman–Crippen LogP) is 1.47. The lowest BCUT2D eigenvalue weighted by atomic mass is 10.1. The second kappa shape index (κ2) is 4.62. The first-order valence-corrected chi connectivity index (χ1v) is 4.55. The Morgan fingerprint density at radius 3 is 2.93 bits per heavy atom. The van der Waals surface area contributed by atoms with Crippen LogP contribution in [0.4, 0.5) is 11.5 Å². The van der Waals surface area contributed by atoms with Gasteiger partial charge < -0.3 is 5.73 Å². The minimum Gasteiger partial charge on any atom is -0.378 e. The molecule has 0 aliphatic rings. The van der Waals surface area contributed by atoms with Gasteiger partial charge in [0.05, 0.1) is 16.4 Å². The van der Waals surface area contributed by atoms with Gasteiger partial charge in [-0.1, -0.05) is 11.8 Å². The number of anilines is 1. The van der Waals surface area contributed by atoms with Gasteiger partial charge in [0.15, 0.2) is 0 Å². The number of rotatable bonds is 1. The van der Waals surface area contributed by atoms with Crippen LogP contribution in [0, 0.1) is 28.9 Å². The number of nitrogens with two attached hydrogens (primary N) is 1. The molecule has 0 bridgehead atoms. The number of nitrogen functional groups attached to an aromatic ring is 1. The van der Waals surface area contributed by atoms with Crippen LogP contribution in [0.5, 0.6) is 0 Å². The SMILES string of the molecule is Cc1c(C#CCCl)cnc(N)c1[N+](=O)[O-]. The molecule has 1 aromatic heterocycles. The van der Waals surface area contributed by atoms with Gasteiger partial charge in [-0.05, 0) is 6.92 Å². The van der Waals surface area contributed by atoms with E-state index < -0.39 is 4.92 Å². The molecule has 1 rings (SSSR count). The molecule has 78 valence electrons. The van der Waals surface area contributed by atoms with Gasteiger partial charge in [-0.15, -0.1) is 11.6 Å². The summed E-state index contributed by atoms with van der Waals surface area (Å²) < 4.78 is 0. The lowest BCUT2D eigenvalue weighted by molar-refractivity contribution is -0.384. The highest BCUT2D eigenvalue weighted by molar-refractivity contribution is 6.19. The number of hydrogen-bond acceptors (Lipinski definition) is 4. The van der Waals surface area contributed by atoms with E-state index in [-0.39, 0.29) is 17.4 Å². The topological polar surface area (TPSA) is 82.0 Å². The summed E-state index contributed by atoms with van der Waals surface area (Å²) in [5.74, 6) is 5.35. The molecule has 0 aromatic carbocycles. The monoisotopic (exact) mass is 225 g/mol. The molecule has 5 nitrogen and oxygen atoms in total. The lowest BCUT2D eigenvalue weighted by Crippen LogP contribution is -2.02. The smallest absolute Gasteiger partial charge is 0.315 e. The van der Waals surface area contributed by atoms with Crippen molar-refractivity contribution < 1.29 is 4.92 Å². The van der Waals surface area contributed by atoms with Gasteiger partial charge in [0.2, 0.25) is 5.82 Å². The average molecular weight is 226 g/mol. The molecule has 1 heterocycles. The molecule has 0 atom stereocenters. The maximum absolute atomic E-state index is 10.7. The van der Waals surface area contributed by atoms with Crippen molar-refractivity contribution in [3.63, 3.8) is 0 Å². The van der Waals surface area contributed by atoms with E-state index in [2.05, 4.69) is 16.8 Å². The molecule has 0 aliphatic heterocycles. The highest BCUT2D eigenvalue weighted by Crippen LogP contribution is 2.25. The first kappa shape index (κ1) is 11.3. The fourth-order valence-corrected chi connectivity index (χ4v) is 1.16. The van der Waals surface area contributed by atoms with Gasteiger partial charge >= 0.3 is 5.69 Å². The predicted molar refractivity (Wildman–Crippen MR) is 57.6 cm³/mol. The molecular weight excluding hydrogens is 218 g/mol. The highest BCUT2D eigenvalue weighted by Gasteiger charge is 2.18. The normalized spacial score (nSPS) is 9.20. The van der Waals surface area contributed by atoms with Crippen LogP contribution in [0.3, 0.4) is 0 Å². The van der Waals surface area contributed by atoms with Crippen molar-refractivity contribution in [2.45, 2.75) is 6.92 Å². The van der Waals surface area contributed by atoms with Crippen LogP contribution in [-0.4, -0.2) is 15.8 Å². The summed E-state index contributed by atoms with van der Waals surface area (Å²) in [5, 5.41) is 10.7. The second-order valence-corrected chi connectivity index (χ2v) is 2.99. The van der Waals surface area contributed by atoms with E-state index in [4.69, 9.17) is 17.3 Å². The summed E-state index contributed by atoms with van der Waals surface area (Å²) in [6.07, 6.45) is 1.40. The molecule has 15 heavy (non-hydrogen) atoms. The van der Waals surface area contributed by atoms with E-state index in [1.54, 1.807) is 6.92 Å². The van der Waals surface area contributed by atoms with Crippen LogP contribution in [0.1, 0.15) is 11.1 Å². The van der Waals surface area contributed by atoms with Crippen LogP contribution in [0.2, 0.25) is 0 Å². The van der Waals surface area contributed by atoms with Crippen molar-refractivity contribution in [1.82, 2.24) is 4.98 Å². The molecular formula is C9H8ClN3O2. The van der Waals surface area contributed by atoms with Crippen molar-refractivity contribution in [3.8, 4) is 11.8 Å². The minimum atomic E-state index is -0.566. The van der Waals surface area contributed by atoms with Crippen molar-refractivity contribution in [3.05, 3.63) is 27.4 Å². The summed E-state index contributed by atoms with van der Waals surface area (Å²) in [5.41, 5.74) is 6.07. The molecule has 0 amide bonds. The molecule has 6 heteroatoms. The molecule has 0 radical (unpaired) electrons. The molecule has 2 N–H and O–H groups in total. The third-order valence-electron chi connectivity index (χ3n) is 1.81. The number of pyridine rings is 1. The Balaban J connectivity index is 3.35. The van der Waals surface area contributed by atoms with Crippen molar-refractivity contribution in [1.29, 1.82) is 0 Å². The number of halogens is 1. The highest BCUT2D eigenvalue weighted by atomic mass is 35.5. The molecule has 0 unspecified atom stereocenters.